The first-order valence-corrected chi connectivity index (χ1v) is 6.24. The lowest BCUT2D eigenvalue weighted by molar-refractivity contribution is 0.590. The largest absolute Gasteiger partial charge is 0.323 e. The monoisotopic (exact) mass is 212 g/mol. The van der Waals surface area contributed by atoms with Gasteiger partial charge in [0.2, 0.25) is 0 Å². The minimum atomic E-state index is 0.138. The van der Waals surface area contributed by atoms with Crippen LogP contribution in [-0.4, -0.2) is 4.98 Å². The molecule has 1 aromatic rings. The molecule has 2 N–H and O–H groups in total. The standard InChI is InChI=1S/C11H20N2S/c1-4-5-6-9(12)10-7-14-11(13-10)8(2)3/h7-9H,4-6,12H2,1-3H3. The van der Waals surface area contributed by atoms with Gasteiger partial charge in [-0.05, 0) is 6.42 Å². The van der Waals surface area contributed by atoms with Gasteiger partial charge < -0.3 is 5.73 Å². The van der Waals surface area contributed by atoms with Crippen molar-refractivity contribution in [1.29, 1.82) is 0 Å². The van der Waals surface area contributed by atoms with Crippen molar-refractivity contribution >= 4 is 11.3 Å². The third-order valence-electron chi connectivity index (χ3n) is 2.28. The highest BCUT2D eigenvalue weighted by Crippen LogP contribution is 2.23. The van der Waals surface area contributed by atoms with Crippen molar-refractivity contribution in [2.45, 2.75) is 52.0 Å². The molecule has 0 aliphatic heterocycles. The molecule has 3 heteroatoms. The molecule has 0 fully saturated rings. The van der Waals surface area contributed by atoms with Crippen LogP contribution >= 0.6 is 11.3 Å². The van der Waals surface area contributed by atoms with E-state index in [1.54, 1.807) is 11.3 Å². The van der Waals surface area contributed by atoms with Crippen LogP contribution in [0.4, 0.5) is 0 Å². The predicted octanol–water partition coefficient (Wildman–Crippen LogP) is 3.46. The number of nitrogens with two attached hydrogens (primary N) is 1. The van der Waals surface area contributed by atoms with E-state index in [9.17, 15) is 0 Å². The summed E-state index contributed by atoms with van der Waals surface area (Å²) in [5.41, 5.74) is 7.11. The Bertz CT molecular complexity index is 268. The summed E-state index contributed by atoms with van der Waals surface area (Å²) in [6.45, 7) is 6.52. The smallest absolute Gasteiger partial charge is 0.0954 e. The molecular weight excluding hydrogens is 192 g/mol. The Kier molecular flexibility index (Phi) is 4.55. The molecule has 0 amide bonds. The van der Waals surface area contributed by atoms with Gasteiger partial charge in [0, 0.05) is 17.3 Å². The molecule has 0 bridgehead atoms. The first-order valence-electron chi connectivity index (χ1n) is 5.36. The Labute approximate surface area is 90.6 Å². The van der Waals surface area contributed by atoms with Gasteiger partial charge in [-0.3, -0.25) is 0 Å². The van der Waals surface area contributed by atoms with Crippen molar-refractivity contribution < 1.29 is 0 Å². The highest BCUT2D eigenvalue weighted by Gasteiger charge is 2.11. The third kappa shape index (κ3) is 3.07. The molecule has 1 aromatic heterocycles. The van der Waals surface area contributed by atoms with E-state index in [4.69, 9.17) is 5.73 Å². The molecule has 0 aromatic carbocycles. The number of aromatic nitrogens is 1. The number of rotatable bonds is 5. The molecule has 0 saturated carbocycles. The number of nitrogens with zero attached hydrogens (tertiary/aromatic N) is 1. The topological polar surface area (TPSA) is 38.9 Å². The molecule has 1 unspecified atom stereocenters. The molecule has 1 rings (SSSR count). The summed E-state index contributed by atoms with van der Waals surface area (Å²) in [7, 11) is 0. The van der Waals surface area contributed by atoms with Crippen molar-refractivity contribution in [3.8, 4) is 0 Å². The Morgan fingerprint density at radius 3 is 2.71 bits per heavy atom. The SMILES string of the molecule is CCCCC(N)c1csc(C(C)C)n1. The van der Waals surface area contributed by atoms with Gasteiger partial charge in [0.05, 0.1) is 10.7 Å². The average molecular weight is 212 g/mol. The normalized spacial score (nSPS) is 13.5. The quantitative estimate of drug-likeness (QED) is 0.812. The summed E-state index contributed by atoms with van der Waals surface area (Å²) in [6, 6.07) is 0.138. The van der Waals surface area contributed by atoms with E-state index in [0.29, 0.717) is 5.92 Å². The molecule has 0 aliphatic rings. The van der Waals surface area contributed by atoms with E-state index in [1.165, 1.54) is 17.8 Å². The van der Waals surface area contributed by atoms with Crippen molar-refractivity contribution in [2.24, 2.45) is 5.73 Å². The Hall–Kier alpha value is -0.410. The fourth-order valence-corrected chi connectivity index (χ4v) is 2.21. The molecule has 0 saturated heterocycles. The Morgan fingerprint density at radius 1 is 1.50 bits per heavy atom. The van der Waals surface area contributed by atoms with Gasteiger partial charge >= 0.3 is 0 Å². The van der Waals surface area contributed by atoms with Gasteiger partial charge in [0.15, 0.2) is 0 Å². The fraction of sp³-hybridized carbons (Fsp3) is 0.727. The van der Waals surface area contributed by atoms with E-state index < -0.39 is 0 Å². The summed E-state index contributed by atoms with van der Waals surface area (Å²) in [4.78, 5) is 4.56. The Balaban J connectivity index is 2.57. The number of hydrogen-bond donors (Lipinski definition) is 1. The van der Waals surface area contributed by atoms with E-state index >= 15 is 0 Å². The van der Waals surface area contributed by atoms with Crippen LogP contribution in [0.15, 0.2) is 5.38 Å². The van der Waals surface area contributed by atoms with Gasteiger partial charge in [-0.1, -0.05) is 33.6 Å². The van der Waals surface area contributed by atoms with Gasteiger partial charge in [-0.2, -0.15) is 0 Å². The van der Waals surface area contributed by atoms with E-state index in [2.05, 4.69) is 31.1 Å². The van der Waals surface area contributed by atoms with Gasteiger partial charge in [0.1, 0.15) is 0 Å². The van der Waals surface area contributed by atoms with Crippen LogP contribution in [0.25, 0.3) is 0 Å². The van der Waals surface area contributed by atoms with Crippen LogP contribution in [0.1, 0.15) is 62.7 Å². The van der Waals surface area contributed by atoms with Crippen molar-refractivity contribution in [3.63, 3.8) is 0 Å². The van der Waals surface area contributed by atoms with Gasteiger partial charge in [-0.25, -0.2) is 4.98 Å². The zero-order chi connectivity index (χ0) is 10.6. The Morgan fingerprint density at radius 2 is 2.21 bits per heavy atom. The molecule has 0 spiro atoms. The van der Waals surface area contributed by atoms with E-state index in [0.717, 1.165) is 12.1 Å². The van der Waals surface area contributed by atoms with Gasteiger partial charge in [-0.15, -0.1) is 11.3 Å². The third-order valence-corrected chi connectivity index (χ3v) is 3.45. The first-order chi connectivity index (χ1) is 6.65. The molecular formula is C11H20N2S. The highest BCUT2D eigenvalue weighted by molar-refractivity contribution is 7.09. The molecule has 0 radical (unpaired) electrons. The summed E-state index contributed by atoms with van der Waals surface area (Å²) in [5, 5.41) is 3.31. The van der Waals surface area contributed by atoms with Crippen LogP contribution in [0.2, 0.25) is 0 Å². The van der Waals surface area contributed by atoms with E-state index in [1.807, 2.05) is 0 Å². The van der Waals surface area contributed by atoms with Crippen LogP contribution in [0.3, 0.4) is 0 Å². The van der Waals surface area contributed by atoms with Crippen molar-refractivity contribution in [3.05, 3.63) is 16.1 Å². The van der Waals surface area contributed by atoms with E-state index in [-0.39, 0.29) is 6.04 Å². The summed E-state index contributed by atoms with van der Waals surface area (Å²) in [6.07, 6.45) is 3.45. The maximum Gasteiger partial charge on any atom is 0.0954 e. The fourth-order valence-electron chi connectivity index (χ4n) is 1.31. The lowest BCUT2D eigenvalue weighted by Gasteiger charge is -2.07. The van der Waals surface area contributed by atoms with Crippen LogP contribution in [-0.2, 0) is 0 Å². The molecule has 80 valence electrons. The second-order valence-electron chi connectivity index (χ2n) is 4.01. The minimum Gasteiger partial charge on any atom is -0.323 e. The van der Waals surface area contributed by atoms with Crippen LogP contribution < -0.4 is 5.73 Å². The maximum absolute atomic E-state index is 6.04. The second-order valence-corrected chi connectivity index (χ2v) is 4.90. The second kappa shape index (κ2) is 5.47. The lowest BCUT2D eigenvalue weighted by atomic mass is 10.1. The number of hydrogen-bond acceptors (Lipinski definition) is 3. The molecule has 2 nitrogen and oxygen atoms in total. The molecule has 1 atom stereocenters. The summed E-state index contributed by atoms with van der Waals surface area (Å²) < 4.78 is 0. The number of unbranched alkanes of at least 4 members (excludes halogenated alkanes) is 1. The molecule has 1 heterocycles. The zero-order valence-corrected chi connectivity index (χ0v) is 10.1. The lowest BCUT2D eigenvalue weighted by Crippen LogP contribution is -2.10. The first kappa shape index (κ1) is 11.7. The molecule has 0 aliphatic carbocycles. The summed E-state index contributed by atoms with van der Waals surface area (Å²) >= 11 is 1.73. The predicted molar refractivity (Wildman–Crippen MR) is 62.7 cm³/mol. The zero-order valence-electron chi connectivity index (χ0n) is 9.29. The summed E-state index contributed by atoms with van der Waals surface area (Å²) in [5.74, 6) is 0.520. The van der Waals surface area contributed by atoms with Crippen LogP contribution in [0, 0.1) is 0 Å². The highest BCUT2D eigenvalue weighted by atomic mass is 32.1. The average Bonchev–Trinajstić information content (AvgIpc) is 2.62. The minimum absolute atomic E-state index is 0.138. The molecule has 14 heavy (non-hydrogen) atoms. The van der Waals surface area contributed by atoms with Crippen molar-refractivity contribution in [1.82, 2.24) is 4.98 Å². The van der Waals surface area contributed by atoms with Crippen molar-refractivity contribution in [2.75, 3.05) is 0 Å². The van der Waals surface area contributed by atoms with Gasteiger partial charge in [0.25, 0.3) is 0 Å². The number of thiazole rings is 1. The maximum atomic E-state index is 6.04. The van der Waals surface area contributed by atoms with Crippen LogP contribution in [0.5, 0.6) is 0 Å².